The topological polar surface area (TPSA) is 21.3 Å². The van der Waals surface area contributed by atoms with Crippen LogP contribution in [-0.4, -0.2) is 12.4 Å². The van der Waals surface area contributed by atoms with Crippen LogP contribution in [-0.2, 0) is 0 Å². The van der Waals surface area contributed by atoms with Crippen molar-refractivity contribution in [3.63, 3.8) is 0 Å². The summed E-state index contributed by atoms with van der Waals surface area (Å²) in [5.74, 6) is -0.189. The first-order chi connectivity index (χ1) is 8.85. The first kappa shape index (κ1) is 15.8. The molecule has 0 aromatic heterocycles. The molecule has 0 fully saturated rings. The molecule has 0 spiro atoms. The van der Waals surface area contributed by atoms with Crippen LogP contribution >= 0.6 is 0 Å². The highest BCUT2D eigenvalue weighted by atomic mass is 19.4. The van der Waals surface area contributed by atoms with Crippen LogP contribution < -0.4 is 10.1 Å². The third-order valence-electron chi connectivity index (χ3n) is 3.08. The maximum absolute atomic E-state index is 12.0. The zero-order chi connectivity index (χ0) is 14.5. The summed E-state index contributed by atoms with van der Waals surface area (Å²) in [6.07, 6.45) is -2.59. The Morgan fingerprint density at radius 2 is 1.63 bits per heavy atom. The summed E-state index contributed by atoms with van der Waals surface area (Å²) in [6, 6.07) is 6.51. The van der Waals surface area contributed by atoms with Crippen LogP contribution in [0.2, 0.25) is 0 Å². The molecular weight excluding hydrogens is 255 g/mol. The minimum atomic E-state index is -4.64. The zero-order valence-electron chi connectivity index (χ0n) is 11.4. The van der Waals surface area contributed by atoms with Crippen molar-refractivity contribution in [2.24, 2.45) is 0 Å². The van der Waals surface area contributed by atoms with E-state index in [-0.39, 0.29) is 11.8 Å². The van der Waals surface area contributed by atoms with Gasteiger partial charge in [-0.15, -0.1) is 13.2 Å². The van der Waals surface area contributed by atoms with E-state index in [2.05, 4.69) is 23.9 Å². The Kier molecular flexibility index (Phi) is 5.66. The number of halogens is 3. The molecule has 108 valence electrons. The number of nitrogens with one attached hydrogen (secondary N) is 1. The number of alkyl halides is 3. The fraction of sp³-hybridized carbons (Fsp3) is 0.571. The van der Waals surface area contributed by atoms with Crippen molar-refractivity contribution < 1.29 is 17.9 Å². The summed E-state index contributed by atoms with van der Waals surface area (Å²) < 4.78 is 39.9. The number of hydrogen-bond acceptors (Lipinski definition) is 2. The Labute approximate surface area is 112 Å². The Balaban J connectivity index is 2.65. The van der Waals surface area contributed by atoms with E-state index >= 15 is 0 Å². The number of hydrogen-bond donors (Lipinski definition) is 1. The highest BCUT2D eigenvalue weighted by molar-refractivity contribution is 5.29. The van der Waals surface area contributed by atoms with Gasteiger partial charge in [0.2, 0.25) is 0 Å². The van der Waals surface area contributed by atoms with E-state index in [0.29, 0.717) is 6.04 Å². The molecule has 1 aromatic carbocycles. The summed E-state index contributed by atoms with van der Waals surface area (Å²) in [6.45, 7) is 6.21. The van der Waals surface area contributed by atoms with Gasteiger partial charge in [-0.25, -0.2) is 0 Å². The van der Waals surface area contributed by atoms with Gasteiger partial charge in [-0.1, -0.05) is 26.0 Å². The lowest BCUT2D eigenvalue weighted by Crippen LogP contribution is -2.30. The number of benzene rings is 1. The Hall–Kier alpha value is -1.23. The average Bonchev–Trinajstić information content (AvgIpc) is 2.34. The Morgan fingerprint density at radius 3 is 2.05 bits per heavy atom. The standard InChI is InChI=1S/C14H20F3NO/c1-4-12(5-2)18-10(3)11-6-8-13(9-7-11)19-14(15,16)17/h6-10,12,18H,4-5H2,1-3H3. The van der Waals surface area contributed by atoms with Crippen molar-refractivity contribution in [2.45, 2.75) is 52.1 Å². The maximum atomic E-state index is 12.0. The van der Waals surface area contributed by atoms with Gasteiger partial charge in [0, 0.05) is 12.1 Å². The fourth-order valence-corrected chi connectivity index (χ4v) is 1.93. The highest BCUT2D eigenvalue weighted by Crippen LogP contribution is 2.24. The van der Waals surface area contributed by atoms with E-state index in [1.54, 1.807) is 12.1 Å². The molecule has 0 aliphatic heterocycles. The lowest BCUT2D eigenvalue weighted by molar-refractivity contribution is -0.274. The molecule has 0 aliphatic carbocycles. The van der Waals surface area contributed by atoms with Crippen LogP contribution in [0.4, 0.5) is 13.2 Å². The molecule has 2 nitrogen and oxygen atoms in total. The van der Waals surface area contributed by atoms with Crippen LogP contribution in [0.3, 0.4) is 0 Å². The average molecular weight is 275 g/mol. The number of ether oxygens (including phenoxy) is 1. The van der Waals surface area contributed by atoms with Crippen molar-refractivity contribution in [1.82, 2.24) is 5.32 Å². The third kappa shape index (κ3) is 5.51. The van der Waals surface area contributed by atoms with Gasteiger partial charge >= 0.3 is 6.36 Å². The van der Waals surface area contributed by atoms with Gasteiger partial charge < -0.3 is 10.1 Å². The summed E-state index contributed by atoms with van der Waals surface area (Å²) in [4.78, 5) is 0. The van der Waals surface area contributed by atoms with E-state index in [4.69, 9.17) is 0 Å². The van der Waals surface area contributed by atoms with Crippen LogP contribution in [0.5, 0.6) is 5.75 Å². The second-order valence-corrected chi connectivity index (χ2v) is 4.52. The van der Waals surface area contributed by atoms with Gasteiger partial charge in [0.05, 0.1) is 0 Å². The lowest BCUT2D eigenvalue weighted by Gasteiger charge is -2.21. The summed E-state index contributed by atoms with van der Waals surface area (Å²) in [5.41, 5.74) is 0.946. The molecule has 0 amide bonds. The predicted molar refractivity (Wildman–Crippen MR) is 69.0 cm³/mol. The monoisotopic (exact) mass is 275 g/mol. The minimum Gasteiger partial charge on any atom is -0.406 e. The van der Waals surface area contributed by atoms with Crippen molar-refractivity contribution in [3.05, 3.63) is 29.8 Å². The third-order valence-corrected chi connectivity index (χ3v) is 3.08. The van der Waals surface area contributed by atoms with Crippen molar-refractivity contribution in [3.8, 4) is 5.75 Å². The quantitative estimate of drug-likeness (QED) is 0.829. The molecule has 0 saturated carbocycles. The van der Waals surface area contributed by atoms with Gasteiger partial charge in [0.25, 0.3) is 0 Å². The molecule has 1 unspecified atom stereocenters. The SMILES string of the molecule is CCC(CC)NC(C)c1ccc(OC(F)(F)F)cc1. The van der Waals surface area contributed by atoms with Crippen molar-refractivity contribution >= 4 is 0 Å². The van der Waals surface area contributed by atoms with Gasteiger partial charge in [-0.05, 0) is 37.5 Å². The molecule has 0 saturated heterocycles. The highest BCUT2D eigenvalue weighted by Gasteiger charge is 2.31. The molecule has 1 atom stereocenters. The van der Waals surface area contributed by atoms with Gasteiger partial charge in [-0.3, -0.25) is 0 Å². The molecule has 0 bridgehead atoms. The summed E-state index contributed by atoms with van der Waals surface area (Å²) in [5, 5.41) is 3.44. The summed E-state index contributed by atoms with van der Waals surface area (Å²) >= 11 is 0. The normalized spacial score (nSPS) is 13.6. The van der Waals surface area contributed by atoms with E-state index < -0.39 is 6.36 Å². The van der Waals surface area contributed by atoms with E-state index in [9.17, 15) is 13.2 Å². The second-order valence-electron chi connectivity index (χ2n) is 4.52. The lowest BCUT2D eigenvalue weighted by atomic mass is 10.1. The number of rotatable bonds is 6. The molecule has 19 heavy (non-hydrogen) atoms. The molecular formula is C14H20F3NO. The Bertz CT molecular complexity index is 371. The van der Waals surface area contributed by atoms with E-state index in [1.165, 1.54) is 12.1 Å². The first-order valence-electron chi connectivity index (χ1n) is 6.47. The van der Waals surface area contributed by atoms with Crippen LogP contribution in [0, 0.1) is 0 Å². The first-order valence-corrected chi connectivity index (χ1v) is 6.47. The minimum absolute atomic E-state index is 0.102. The molecule has 0 heterocycles. The largest absolute Gasteiger partial charge is 0.573 e. The van der Waals surface area contributed by atoms with Crippen LogP contribution in [0.15, 0.2) is 24.3 Å². The molecule has 1 N–H and O–H groups in total. The second kappa shape index (κ2) is 6.80. The molecule has 5 heteroatoms. The fourth-order valence-electron chi connectivity index (χ4n) is 1.93. The van der Waals surface area contributed by atoms with Crippen LogP contribution in [0.1, 0.15) is 45.2 Å². The molecule has 0 aliphatic rings. The smallest absolute Gasteiger partial charge is 0.406 e. The van der Waals surface area contributed by atoms with E-state index in [1.807, 2.05) is 6.92 Å². The Morgan fingerprint density at radius 1 is 1.11 bits per heavy atom. The zero-order valence-corrected chi connectivity index (χ0v) is 11.4. The summed E-state index contributed by atoms with van der Waals surface area (Å²) in [7, 11) is 0. The van der Waals surface area contributed by atoms with E-state index in [0.717, 1.165) is 18.4 Å². The van der Waals surface area contributed by atoms with Gasteiger partial charge in [0.1, 0.15) is 5.75 Å². The van der Waals surface area contributed by atoms with Crippen LogP contribution in [0.25, 0.3) is 0 Å². The predicted octanol–water partition coefficient (Wildman–Crippen LogP) is 4.42. The molecule has 0 radical (unpaired) electrons. The van der Waals surface area contributed by atoms with Gasteiger partial charge in [-0.2, -0.15) is 0 Å². The van der Waals surface area contributed by atoms with Crippen molar-refractivity contribution in [2.75, 3.05) is 0 Å². The molecule has 1 aromatic rings. The maximum Gasteiger partial charge on any atom is 0.573 e. The molecule has 1 rings (SSSR count). The van der Waals surface area contributed by atoms with Crippen molar-refractivity contribution in [1.29, 1.82) is 0 Å². The van der Waals surface area contributed by atoms with Gasteiger partial charge in [0.15, 0.2) is 0 Å².